The van der Waals surface area contributed by atoms with Crippen LogP contribution in [0.25, 0.3) is 0 Å². The number of carbonyl (C=O) groups is 3. The number of Topliss-reactive ketones (excluding diaryl/α,β-unsaturated/α-hetero) is 1. The highest BCUT2D eigenvalue weighted by atomic mass is 16.5. The highest BCUT2D eigenvalue weighted by Gasteiger charge is 2.20. The second-order valence-electron chi connectivity index (χ2n) is 6.41. The number of amides is 1. The first-order chi connectivity index (χ1) is 14.5. The fourth-order valence-electron chi connectivity index (χ4n) is 3.02. The molecule has 0 unspecified atom stereocenters. The van der Waals surface area contributed by atoms with Gasteiger partial charge < -0.3 is 24.3 Å². The summed E-state index contributed by atoms with van der Waals surface area (Å²) in [6.07, 6.45) is 2.14. The van der Waals surface area contributed by atoms with Gasteiger partial charge in [-0.15, -0.1) is 6.58 Å². The van der Waals surface area contributed by atoms with Crippen molar-refractivity contribution in [1.29, 1.82) is 0 Å². The Morgan fingerprint density at radius 3 is 2.67 bits per heavy atom. The summed E-state index contributed by atoms with van der Waals surface area (Å²) in [4.78, 5) is 36.4. The molecule has 8 heteroatoms. The Bertz CT molecular complexity index is 1010. The van der Waals surface area contributed by atoms with E-state index in [0.717, 1.165) is 0 Å². The molecule has 0 saturated heterocycles. The number of anilines is 1. The zero-order chi connectivity index (χ0) is 21.7. The topological polar surface area (TPSA) is 100 Å². The number of benzene rings is 2. The molecule has 0 aromatic heterocycles. The van der Waals surface area contributed by atoms with Crippen LogP contribution in [-0.4, -0.2) is 45.1 Å². The molecule has 8 nitrogen and oxygen atoms in total. The van der Waals surface area contributed by atoms with Gasteiger partial charge in [0.1, 0.15) is 5.75 Å². The lowest BCUT2D eigenvalue weighted by Crippen LogP contribution is -2.25. The molecular weight excluding hydrogens is 390 g/mol. The van der Waals surface area contributed by atoms with Gasteiger partial charge in [-0.1, -0.05) is 6.08 Å². The lowest BCUT2D eigenvalue weighted by atomic mass is 10.1. The third-order valence-corrected chi connectivity index (χ3v) is 4.42. The molecule has 0 radical (unpaired) electrons. The van der Waals surface area contributed by atoms with Crippen molar-refractivity contribution in [3.05, 3.63) is 59.7 Å². The summed E-state index contributed by atoms with van der Waals surface area (Å²) < 4.78 is 21.1. The molecule has 2 aromatic carbocycles. The summed E-state index contributed by atoms with van der Waals surface area (Å²) in [5, 5.41) is 2.63. The standard InChI is InChI=1S/C22H21NO7/c1-4-5-14-8-15(10-19(27-2)21(14)28-3)22(26)30-11-17(24)13-6-7-18-16(9-13)23-20(25)12-29-18/h4,6-10H,1,5,11-12H2,2-3H3,(H,23,25). The number of ether oxygens (including phenoxy) is 4. The number of carbonyl (C=O) groups excluding carboxylic acids is 3. The molecule has 1 aliphatic rings. The molecule has 1 aliphatic heterocycles. The van der Waals surface area contributed by atoms with Gasteiger partial charge in [-0.3, -0.25) is 9.59 Å². The molecule has 0 fully saturated rings. The van der Waals surface area contributed by atoms with E-state index < -0.39 is 18.4 Å². The van der Waals surface area contributed by atoms with Crippen LogP contribution in [0, 0.1) is 0 Å². The summed E-state index contributed by atoms with van der Waals surface area (Å²) in [5.74, 6) is -0.0450. The van der Waals surface area contributed by atoms with Crippen molar-refractivity contribution in [2.75, 3.05) is 32.8 Å². The smallest absolute Gasteiger partial charge is 0.338 e. The Balaban J connectivity index is 1.73. The van der Waals surface area contributed by atoms with Gasteiger partial charge in [0.25, 0.3) is 5.91 Å². The normalized spacial score (nSPS) is 12.1. The molecule has 2 aromatic rings. The number of ketones is 1. The van der Waals surface area contributed by atoms with Crippen molar-refractivity contribution in [2.24, 2.45) is 0 Å². The Morgan fingerprint density at radius 2 is 1.97 bits per heavy atom. The molecule has 1 amide bonds. The van der Waals surface area contributed by atoms with Crippen LogP contribution in [0.4, 0.5) is 5.69 Å². The minimum absolute atomic E-state index is 0.0723. The van der Waals surface area contributed by atoms with Gasteiger partial charge >= 0.3 is 5.97 Å². The van der Waals surface area contributed by atoms with Crippen LogP contribution in [-0.2, 0) is 16.0 Å². The van der Waals surface area contributed by atoms with E-state index in [-0.39, 0.29) is 23.6 Å². The molecule has 0 bridgehead atoms. The predicted molar refractivity (Wildman–Crippen MR) is 109 cm³/mol. The minimum Gasteiger partial charge on any atom is -0.493 e. The summed E-state index contributed by atoms with van der Waals surface area (Å²) in [6.45, 7) is 3.16. The molecular formula is C22H21NO7. The average molecular weight is 411 g/mol. The van der Waals surface area contributed by atoms with Gasteiger partial charge in [0.15, 0.2) is 30.5 Å². The number of rotatable bonds is 8. The van der Waals surface area contributed by atoms with Crippen molar-refractivity contribution >= 4 is 23.3 Å². The van der Waals surface area contributed by atoms with Crippen LogP contribution >= 0.6 is 0 Å². The van der Waals surface area contributed by atoms with Gasteiger partial charge in [-0.05, 0) is 36.8 Å². The van der Waals surface area contributed by atoms with E-state index in [2.05, 4.69) is 11.9 Å². The van der Waals surface area contributed by atoms with Gasteiger partial charge in [-0.25, -0.2) is 4.79 Å². The first-order valence-electron chi connectivity index (χ1n) is 9.09. The van der Waals surface area contributed by atoms with Gasteiger partial charge in [0.05, 0.1) is 25.5 Å². The summed E-state index contributed by atoms with van der Waals surface area (Å²) in [5.41, 5.74) is 1.61. The van der Waals surface area contributed by atoms with Crippen LogP contribution in [0.3, 0.4) is 0 Å². The van der Waals surface area contributed by atoms with Crippen molar-refractivity contribution in [3.63, 3.8) is 0 Å². The summed E-state index contributed by atoms with van der Waals surface area (Å²) in [7, 11) is 2.97. The maximum absolute atomic E-state index is 12.5. The summed E-state index contributed by atoms with van der Waals surface area (Å²) in [6, 6.07) is 7.72. The summed E-state index contributed by atoms with van der Waals surface area (Å²) >= 11 is 0. The number of allylic oxidation sites excluding steroid dienone is 1. The largest absolute Gasteiger partial charge is 0.493 e. The van der Waals surface area contributed by atoms with Gasteiger partial charge in [0.2, 0.25) is 0 Å². The predicted octanol–water partition coefficient (Wildman–Crippen LogP) is 2.80. The van der Waals surface area contributed by atoms with Crippen LogP contribution in [0.1, 0.15) is 26.3 Å². The van der Waals surface area contributed by atoms with E-state index in [1.165, 1.54) is 26.4 Å². The second-order valence-corrected chi connectivity index (χ2v) is 6.41. The molecule has 1 N–H and O–H groups in total. The number of nitrogens with one attached hydrogen (secondary N) is 1. The molecule has 3 rings (SSSR count). The molecule has 0 atom stereocenters. The highest BCUT2D eigenvalue weighted by molar-refractivity contribution is 6.02. The van der Waals surface area contributed by atoms with Crippen molar-refractivity contribution < 1.29 is 33.3 Å². The quantitative estimate of drug-likeness (QED) is 0.405. The first-order valence-corrected chi connectivity index (χ1v) is 9.09. The van der Waals surface area contributed by atoms with Gasteiger partial charge in [0, 0.05) is 11.1 Å². The molecule has 1 heterocycles. The van der Waals surface area contributed by atoms with Crippen molar-refractivity contribution in [1.82, 2.24) is 0 Å². The zero-order valence-electron chi connectivity index (χ0n) is 16.7. The van der Waals surface area contributed by atoms with E-state index in [9.17, 15) is 14.4 Å². The number of hydrogen-bond acceptors (Lipinski definition) is 7. The Hall–Kier alpha value is -3.81. The van der Waals surface area contributed by atoms with Gasteiger partial charge in [-0.2, -0.15) is 0 Å². The van der Waals surface area contributed by atoms with E-state index in [4.69, 9.17) is 18.9 Å². The third-order valence-electron chi connectivity index (χ3n) is 4.42. The number of fused-ring (bicyclic) bond motifs is 1. The lowest BCUT2D eigenvalue weighted by Gasteiger charge is -2.18. The number of hydrogen-bond donors (Lipinski definition) is 1. The monoisotopic (exact) mass is 411 g/mol. The van der Waals surface area contributed by atoms with E-state index in [1.54, 1.807) is 24.3 Å². The number of esters is 1. The van der Waals surface area contributed by atoms with Crippen LogP contribution in [0.2, 0.25) is 0 Å². The maximum Gasteiger partial charge on any atom is 0.338 e. The SMILES string of the molecule is C=CCc1cc(C(=O)OCC(=O)c2ccc3c(c2)NC(=O)CO3)cc(OC)c1OC. The molecule has 0 aliphatic carbocycles. The minimum atomic E-state index is -0.677. The van der Waals surface area contributed by atoms with Crippen LogP contribution in [0.15, 0.2) is 43.0 Å². The molecule has 0 spiro atoms. The molecule has 30 heavy (non-hydrogen) atoms. The van der Waals surface area contributed by atoms with E-state index in [1.807, 2.05) is 0 Å². The maximum atomic E-state index is 12.5. The van der Waals surface area contributed by atoms with Crippen LogP contribution in [0.5, 0.6) is 17.2 Å². The van der Waals surface area contributed by atoms with E-state index in [0.29, 0.717) is 34.9 Å². The fourth-order valence-corrected chi connectivity index (χ4v) is 3.02. The zero-order valence-corrected chi connectivity index (χ0v) is 16.7. The molecule has 156 valence electrons. The van der Waals surface area contributed by atoms with E-state index >= 15 is 0 Å². The molecule has 0 saturated carbocycles. The Kier molecular flexibility index (Phi) is 6.36. The fraction of sp³-hybridized carbons (Fsp3) is 0.227. The number of methoxy groups -OCH3 is 2. The third kappa shape index (κ3) is 4.43. The van der Waals surface area contributed by atoms with Crippen molar-refractivity contribution in [3.8, 4) is 17.2 Å². The van der Waals surface area contributed by atoms with Crippen LogP contribution < -0.4 is 19.5 Å². The van der Waals surface area contributed by atoms with Crippen molar-refractivity contribution in [2.45, 2.75) is 6.42 Å². The Labute approximate surface area is 173 Å². The second kappa shape index (κ2) is 9.13. The first kappa shape index (κ1) is 20.9. The highest BCUT2D eigenvalue weighted by Crippen LogP contribution is 2.33. The Morgan fingerprint density at radius 1 is 1.17 bits per heavy atom. The lowest BCUT2D eigenvalue weighted by molar-refractivity contribution is -0.118. The average Bonchev–Trinajstić information content (AvgIpc) is 2.76.